The monoisotopic (exact) mass is 222 g/mol. The summed E-state index contributed by atoms with van der Waals surface area (Å²) in [5, 5.41) is 10.8. The minimum atomic E-state index is -0.445. The molecule has 1 nitrogen and oxygen atoms in total. The van der Waals surface area contributed by atoms with Gasteiger partial charge in [-0.25, -0.2) is 0 Å². The van der Waals surface area contributed by atoms with Crippen molar-refractivity contribution in [3.63, 3.8) is 0 Å². The largest absolute Gasteiger partial charge is 0.386 e. The zero-order chi connectivity index (χ0) is 11.6. The molecule has 0 unspecified atom stereocenters. The molecule has 2 rings (SSSR count). The van der Waals surface area contributed by atoms with Crippen LogP contribution in [0.5, 0.6) is 0 Å². The van der Waals surface area contributed by atoms with Crippen LogP contribution in [0.4, 0.5) is 0 Å². The molecule has 0 bridgehead atoms. The Kier molecular flexibility index (Phi) is 3.44. The Morgan fingerprint density at radius 1 is 1.00 bits per heavy atom. The van der Waals surface area contributed by atoms with Gasteiger partial charge in [-0.05, 0) is 62.4 Å². The van der Waals surface area contributed by atoms with Crippen LogP contribution in [0.25, 0.3) is 0 Å². The van der Waals surface area contributed by atoms with E-state index in [2.05, 4.69) is 19.9 Å². The highest BCUT2D eigenvalue weighted by Crippen LogP contribution is 2.44. The molecule has 16 heavy (non-hydrogen) atoms. The molecule has 0 aliphatic heterocycles. The summed E-state index contributed by atoms with van der Waals surface area (Å²) in [5.74, 6) is 0. The van der Waals surface area contributed by atoms with Gasteiger partial charge in [-0.1, -0.05) is 26.3 Å². The van der Waals surface area contributed by atoms with Crippen molar-refractivity contribution in [2.75, 3.05) is 0 Å². The summed E-state index contributed by atoms with van der Waals surface area (Å²) in [5.41, 5.74) is 1.36. The van der Waals surface area contributed by atoms with Crippen LogP contribution in [0, 0.1) is 5.41 Å². The number of hydrogen-bond acceptors (Lipinski definition) is 1. The molecule has 0 atom stereocenters. The van der Waals surface area contributed by atoms with Gasteiger partial charge in [-0.3, -0.25) is 0 Å². The molecule has 2 aliphatic carbocycles. The Balaban J connectivity index is 2.05. The van der Waals surface area contributed by atoms with Gasteiger partial charge in [-0.15, -0.1) is 0 Å². The third-order valence-corrected chi connectivity index (χ3v) is 4.57. The molecule has 1 fully saturated rings. The minimum absolute atomic E-state index is 0.442. The van der Waals surface area contributed by atoms with Crippen LogP contribution in [0.1, 0.15) is 71.6 Å². The van der Waals surface area contributed by atoms with Crippen LogP contribution in [0.3, 0.4) is 0 Å². The summed E-state index contributed by atoms with van der Waals surface area (Å²) >= 11 is 0. The highest BCUT2D eigenvalue weighted by Gasteiger charge is 2.38. The molecule has 0 heterocycles. The van der Waals surface area contributed by atoms with E-state index in [9.17, 15) is 5.11 Å². The van der Waals surface area contributed by atoms with Crippen molar-refractivity contribution in [3.05, 3.63) is 11.6 Å². The maximum atomic E-state index is 10.8. The first-order valence-electron chi connectivity index (χ1n) is 6.94. The number of hydrogen-bond donors (Lipinski definition) is 1. The molecule has 0 aromatic heterocycles. The topological polar surface area (TPSA) is 20.2 Å². The molecule has 1 saturated carbocycles. The van der Waals surface area contributed by atoms with E-state index < -0.39 is 5.60 Å². The molecular weight excluding hydrogens is 196 g/mol. The summed E-state index contributed by atoms with van der Waals surface area (Å²) in [7, 11) is 0. The van der Waals surface area contributed by atoms with E-state index in [-0.39, 0.29) is 0 Å². The fourth-order valence-corrected chi connectivity index (χ4v) is 3.10. The van der Waals surface area contributed by atoms with Gasteiger partial charge in [0.15, 0.2) is 0 Å². The van der Waals surface area contributed by atoms with Gasteiger partial charge in [-0.2, -0.15) is 0 Å². The first-order valence-corrected chi connectivity index (χ1v) is 6.94. The van der Waals surface area contributed by atoms with Crippen molar-refractivity contribution < 1.29 is 5.11 Å². The lowest BCUT2D eigenvalue weighted by molar-refractivity contribution is 0.00241. The summed E-state index contributed by atoms with van der Waals surface area (Å²) in [6, 6.07) is 0. The molecule has 0 spiro atoms. The Morgan fingerprint density at radius 2 is 1.69 bits per heavy atom. The lowest BCUT2D eigenvalue weighted by Gasteiger charge is -2.41. The van der Waals surface area contributed by atoms with Crippen LogP contribution in [0.15, 0.2) is 11.6 Å². The van der Waals surface area contributed by atoms with Crippen LogP contribution in [0.2, 0.25) is 0 Å². The fraction of sp³-hybridized carbons (Fsp3) is 0.867. The van der Waals surface area contributed by atoms with Crippen molar-refractivity contribution in [2.45, 2.75) is 77.2 Å². The van der Waals surface area contributed by atoms with Gasteiger partial charge in [0.2, 0.25) is 0 Å². The normalized spacial score (nSPS) is 29.3. The van der Waals surface area contributed by atoms with Crippen molar-refractivity contribution in [1.82, 2.24) is 0 Å². The highest BCUT2D eigenvalue weighted by atomic mass is 16.3. The van der Waals surface area contributed by atoms with Gasteiger partial charge in [0.25, 0.3) is 0 Å². The van der Waals surface area contributed by atoms with E-state index in [1.54, 1.807) is 0 Å². The SMILES string of the molecule is CC1(C)CCC(O)(C2=CCCCCC2)CC1. The van der Waals surface area contributed by atoms with E-state index in [0.717, 1.165) is 19.3 Å². The minimum Gasteiger partial charge on any atom is -0.386 e. The third kappa shape index (κ3) is 2.68. The van der Waals surface area contributed by atoms with Gasteiger partial charge in [0.05, 0.1) is 5.60 Å². The third-order valence-electron chi connectivity index (χ3n) is 4.57. The van der Waals surface area contributed by atoms with E-state index in [4.69, 9.17) is 0 Å². The average Bonchev–Trinajstić information content (AvgIpc) is 2.52. The molecule has 2 aliphatic rings. The maximum absolute atomic E-state index is 10.8. The molecule has 0 saturated heterocycles. The lowest BCUT2D eigenvalue weighted by atomic mass is 9.68. The Morgan fingerprint density at radius 3 is 2.38 bits per heavy atom. The van der Waals surface area contributed by atoms with Crippen molar-refractivity contribution in [1.29, 1.82) is 0 Å². The quantitative estimate of drug-likeness (QED) is 0.659. The fourth-order valence-electron chi connectivity index (χ4n) is 3.10. The maximum Gasteiger partial charge on any atom is 0.0857 e. The van der Waals surface area contributed by atoms with Crippen LogP contribution < -0.4 is 0 Å². The molecule has 1 N–H and O–H groups in total. The summed E-state index contributed by atoms with van der Waals surface area (Å²) in [6.45, 7) is 4.65. The second-order valence-electron chi connectivity index (χ2n) is 6.52. The Hall–Kier alpha value is -0.300. The zero-order valence-electron chi connectivity index (χ0n) is 10.9. The van der Waals surface area contributed by atoms with Crippen LogP contribution >= 0.6 is 0 Å². The van der Waals surface area contributed by atoms with E-state index in [1.807, 2.05) is 0 Å². The van der Waals surface area contributed by atoms with E-state index >= 15 is 0 Å². The number of allylic oxidation sites excluding steroid dienone is 1. The summed E-state index contributed by atoms with van der Waals surface area (Å²) in [6.07, 6.45) is 12.9. The standard InChI is InChI=1S/C15H26O/c1-14(2)9-11-15(16,12-10-14)13-7-5-3-4-6-8-13/h7,16H,3-6,8-12H2,1-2H3. The van der Waals surface area contributed by atoms with Crippen LogP contribution in [-0.4, -0.2) is 10.7 Å². The summed E-state index contributed by atoms with van der Waals surface area (Å²) < 4.78 is 0. The molecule has 0 aromatic carbocycles. The van der Waals surface area contributed by atoms with Crippen molar-refractivity contribution in [2.24, 2.45) is 5.41 Å². The van der Waals surface area contributed by atoms with Crippen molar-refractivity contribution in [3.8, 4) is 0 Å². The molecule has 0 aromatic rings. The molecule has 0 amide bonds. The predicted octanol–water partition coefficient (Wildman–Crippen LogP) is 4.21. The first-order chi connectivity index (χ1) is 7.52. The second-order valence-corrected chi connectivity index (χ2v) is 6.52. The molecular formula is C15H26O. The van der Waals surface area contributed by atoms with E-state index in [0.29, 0.717) is 5.41 Å². The smallest absolute Gasteiger partial charge is 0.0857 e. The first kappa shape index (κ1) is 12.2. The van der Waals surface area contributed by atoms with Crippen LogP contribution in [-0.2, 0) is 0 Å². The van der Waals surface area contributed by atoms with Gasteiger partial charge >= 0.3 is 0 Å². The van der Waals surface area contributed by atoms with Gasteiger partial charge in [0, 0.05) is 0 Å². The van der Waals surface area contributed by atoms with Gasteiger partial charge < -0.3 is 5.11 Å². The molecule has 92 valence electrons. The predicted molar refractivity (Wildman–Crippen MR) is 68.4 cm³/mol. The zero-order valence-corrected chi connectivity index (χ0v) is 10.9. The number of rotatable bonds is 1. The Bertz CT molecular complexity index is 265. The molecule has 1 heteroatoms. The Labute approximate surface area is 99.9 Å². The lowest BCUT2D eigenvalue weighted by Crippen LogP contribution is -2.38. The van der Waals surface area contributed by atoms with Crippen molar-refractivity contribution >= 4 is 0 Å². The number of aliphatic hydroxyl groups is 1. The average molecular weight is 222 g/mol. The highest BCUT2D eigenvalue weighted by molar-refractivity contribution is 5.19. The summed E-state index contributed by atoms with van der Waals surface area (Å²) in [4.78, 5) is 0. The van der Waals surface area contributed by atoms with E-state index in [1.165, 1.54) is 44.1 Å². The second kappa shape index (κ2) is 4.52. The molecule has 0 radical (unpaired) electrons. The van der Waals surface area contributed by atoms with Gasteiger partial charge in [0.1, 0.15) is 0 Å².